The van der Waals surface area contributed by atoms with E-state index in [9.17, 15) is 4.79 Å². The van der Waals surface area contributed by atoms with Crippen molar-refractivity contribution in [2.45, 2.75) is 20.4 Å². The zero-order valence-electron chi connectivity index (χ0n) is 17.4. The fraction of sp³-hybridized carbons (Fsp3) is 0.115. The van der Waals surface area contributed by atoms with E-state index in [2.05, 4.69) is 37.0 Å². The average molecular weight is 424 g/mol. The van der Waals surface area contributed by atoms with Crippen molar-refractivity contribution in [2.75, 3.05) is 4.90 Å². The van der Waals surface area contributed by atoms with E-state index in [-0.39, 0.29) is 5.91 Å². The Labute approximate surface area is 184 Å². The van der Waals surface area contributed by atoms with E-state index in [0.29, 0.717) is 17.2 Å². The molecule has 0 unspecified atom stereocenters. The Balaban J connectivity index is 1.61. The smallest absolute Gasteiger partial charge is 0.260 e. The van der Waals surface area contributed by atoms with Crippen LogP contribution in [-0.4, -0.2) is 15.9 Å². The maximum absolute atomic E-state index is 13.7. The van der Waals surface area contributed by atoms with E-state index >= 15 is 0 Å². The number of aryl methyl sites for hydroxylation is 2. The van der Waals surface area contributed by atoms with Crippen molar-refractivity contribution in [2.24, 2.45) is 0 Å². The number of pyridine rings is 1. The molecular weight excluding hydrogens is 402 g/mol. The minimum absolute atomic E-state index is 0.0666. The molecular formula is C26H21N3OS. The van der Waals surface area contributed by atoms with Crippen LogP contribution in [0.5, 0.6) is 0 Å². The molecule has 1 amide bonds. The normalized spacial score (nSPS) is 11.2. The molecule has 0 spiro atoms. The van der Waals surface area contributed by atoms with Crippen LogP contribution >= 0.6 is 11.3 Å². The molecule has 5 heteroatoms. The van der Waals surface area contributed by atoms with Crippen LogP contribution in [0.3, 0.4) is 0 Å². The molecule has 0 bridgehead atoms. The van der Waals surface area contributed by atoms with Gasteiger partial charge in [-0.25, -0.2) is 4.98 Å². The predicted octanol–water partition coefficient (Wildman–Crippen LogP) is 6.31. The molecule has 0 atom stereocenters. The van der Waals surface area contributed by atoms with Crippen molar-refractivity contribution in [1.29, 1.82) is 0 Å². The van der Waals surface area contributed by atoms with E-state index in [1.165, 1.54) is 11.1 Å². The number of nitrogens with zero attached hydrogens (tertiary/aromatic N) is 3. The van der Waals surface area contributed by atoms with Gasteiger partial charge in [0.05, 0.1) is 16.8 Å². The number of carbonyl (C=O) groups is 1. The Morgan fingerprint density at radius 1 is 0.968 bits per heavy atom. The second-order valence-electron chi connectivity index (χ2n) is 7.74. The van der Waals surface area contributed by atoms with E-state index < -0.39 is 0 Å². The fourth-order valence-electron chi connectivity index (χ4n) is 3.86. The van der Waals surface area contributed by atoms with Crippen molar-refractivity contribution in [3.8, 4) is 0 Å². The van der Waals surface area contributed by atoms with Crippen LogP contribution < -0.4 is 4.90 Å². The first-order chi connectivity index (χ1) is 15.1. The van der Waals surface area contributed by atoms with E-state index in [0.717, 1.165) is 26.6 Å². The molecule has 0 N–H and O–H groups in total. The van der Waals surface area contributed by atoms with Gasteiger partial charge in [-0.05, 0) is 65.6 Å². The molecule has 5 rings (SSSR count). The van der Waals surface area contributed by atoms with Gasteiger partial charge in [-0.1, -0.05) is 53.8 Å². The summed E-state index contributed by atoms with van der Waals surface area (Å²) in [5, 5.41) is 2.86. The lowest BCUT2D eigenvalue weighted by atomic mass is 10.1. The summed E-state index contributed by atoms with van der Waals surface area (Å²) in [7, 11) is 0. The van der Waals surface area contributed by atoms with Crippen LogP contribution in [0.4, 0.5) is 5.13 Å². The second kappa shape index (κ2) is 7.93. The molecule has 0 aliphatic rings. The Hall–Kier alpha value is -3.57. The molecule has 0 saturated heterocycles. The molecule has 0 aliphatic heterocycles. The standard InChI is InChI=1S/C26H21N3OS/c1-17-12-18(2)24-23(13-17)28-26(31-24)29(16-19-6-5-11-27-15-19)25(30)22-10-9-20-7-3-4-8-21(20)14-22/h3-15H,16H2,1-2H3. The minimum atomic E-state index is -0.0666. The Bertz CT molecular complexity index is 1410. The minimum Gasteiger partial charge on any atom is -0.279 e. The van der Waals surface area contributed by atoms with Gasteiger partial charge in [0.25, 0.3) is 5.91 Å². The topological polar surface area (TPSA) is 46.1 Å². The summed E-state index contributed by atoms with van der Waals surface area (Å²) in [5.41, 5.74) is 4.89. The number of fused-ring (bicyclic) bond motifs is 2. The third kappa shape index (κ3) is 3.80. The first-order valence-corrected chi connectivity index (χ1v) is 11.0. The number of amides is 1. The molecule has 0 fully saturated rings. The van der Waals surface area contributed by atoms with E-state index in [1.54, 1.807) is 28.6 Å². The summed E-state index contributed by atoms with van der Waals surface area (Å²) >= 11 is 1.56. The molecule has 2 aromatic heterocycles. The highest BCUT2D eigenvalue weighted by molar-refractivity contribution is 7.22. The predicted molar refractivity (Wildman–Crippen MR) is 128 cm³/mol. The lowest BCUT2D eigenvalue weighted by Gasteiger charge is -2.20. The first-order valence-electron chi connectivity index (χ1n) is 10.2. The fourth-order valence-corrected chi connectivity index (χ4v) is 4.87. The number of benzene rings is 3. The highest BCUT2D eigenvalue weighted by Crippen LogP contribution is 2.33. The van der Waals surface area contributed by atoms with Gasteiger partial charge < -0.3 is 0 Å². The lowest BCUT2D eigenvalue weighted by molar-refractivity contribution is 0.0985. The van der Waals surface area contributed by atoms with Gasteiger partial charge in [0.15, 0.2) is 5.13 Å². The summed E-state index contributed by atoms with van der Waals surface area (Å²) in [4.78, 5) is 24.5. The number of aromatic nitrogens is 2. The zero-order chi connectivity index (χ0) is 21.4. The number of anilines is 1. The van der Waals surface area contributed by atoms with E-state index in [4.69, 9.17) is 4.98 Å². The van der Waals surface area contributed by atoms with Crippen LogP contribution in [0.25, 0.3) is 21.0 Å². The van der Waals surface area contributed by atoms with Crippen LogP contribution in [-0.2, 0) is 6.54 Å². The maximum Gasteiger partial charge on any atom is 0.260 e. The van der Waals surface area contributed by atoms with Crippen molar-refractivity contribution < 1.29 is 4.79 Å². The molecule has 5 aromatic rings. The van der Waals surface area contributed by atoms with Crippen LogP contribution in [0.2, 0.25) is 0 Å². The molecule has 152 valence electrons. The van der Waals surface area contributed by atoms with E-state index in [1.807, 2.05) is 48.5 Å². The summed E-state index contributed by atoms with van der Waals surface area (Å²) in [6, 6.07) is 22.0. The number of carbonyl (C=O) groups excluding carboxylic acids is 1. The first kappa shape index (κ1) is 19.4. The molecule has 2 heterocycles. The SMILES string of the molecule is Cc1cc(C)c2sc(N(Cc3cccnc3)C(=O)c3ccc4ccccc4c3)nc2c1. The average Bonchev–Trinajstić information content (AvgIpc) is 3.21. The molecule has 3 aromatic carbocycles. The van der Waals surface area contributed by atoms with Crippen molar-refractivity contribution in [1.82, 2.24) is 9.97 Å². The monoisotopic (exact) mass is 423 g/mol. The van der Waals surface area contributed by atoms with Crippen molar-refractivity contribution in [3.63, 3.8) is 0 Å². The summed E-state index contributed by atoms with van der Waals surface area (Å²) < 4.78 is 1.11. The van der Waals surface area contributed by atoms with Gasteiger partial charge in [0.1, 0.15) is 0 Å². The summed E-state index contributed by atoms with van der Waals surface area (Å²) in [5.74, 6) is -0.0666. The number of hydrogen-bond acceptors (Lipinski definition) is 4. The lowest BCUT2D eigenvalue weighted by Crippen LogP contribution is -2.30. The molecule has 31 heavy (non-hydrogen) atoms. The van der Waals surface area contributed by atoms with Gasteiger partial charge in [-0.3, -0.25) is 14.7 Å². The van der Waals surface area contributed by atoms with Gasteiger partial charge >= 0.3 is 0 Å². The van der Waals surface area contributed by atoms with Gasteiger partial charge in [-0.2, -0.15) is 0 Å². The van der Waals surface area contributed by atoms with Crippen LogP contribution in [0.15, 0.2) is 79.1 Å². The molecule has 4 nitrogen and oxygen atoms in total. The zero-order valence-corrected chi connectivity index (χ0v) is 18.2. The Morgan fingerprint density at radius 2 is 1.81 bits per heavy atom. The molecule has 0 aliphatic carbocycles. The Kier molecular flexibility index (Phi) is 4.96. The third-order valence-electron chi connectivity index (χ3n) is 5.34. The third-order valence-corrected chi connectivity index (χ3v) is 6.57. The van der Waals surface area contributed by atoms with Gasteiger partial charge in [0.2, 0.25) is 0 Å². The molecule has 0 radical (unpaired) electrons. The highest BCUT2D eigenvalue weighted by atomic mass is 32.1. The second-order valence-corrected chi connectivity index (χ2v) is 8.72. The van der Waals surface area contributed by atoms with Gasteiger partial charge in [-0.15, -0.1) is 0 Å². The van der Waals surface area contributed by atoms with Crippen LogP contribution in [0, 0.1) is 13.8 Å². The van der Waals surface area contributed by atoms with Gasteiger partial charge in [0, 0.05) is 18.0 Å². The maximum atomic E-state index is 13.7. The highest BCUT2D eigenvalue weighted by Gasteiger charge is 2.22. The van der Waals surface area contributed by atoms with Crippen molar-refractivity contribution in [3.05, 3.63) is 101 Å². The quantitative estimate of drug-likeness (QED) is 0.340. The van der Waals surface area contributed by atoms with Crippen molar-refractivity contribution >= 4 is 43.4 Å². The number of thiazole rings is 1. The molecule has 0 saturated carbocycles. The summed E-state index contributed by atoms with van der Waals surface area (Å²) in [6.45, 7) is 4.57. The van der Waals surface area contributed by atoms with Crippen LogP contribution in [0.1, 0.15) is 27.0 Å². The Morgan fingerprint density at radius 3 is 2.61 bits per heavy atom. The number of rotatable bonds is 4. The largest absolute Gasteiger partial charge is 0.279 e. The summed E-state index contributed by atoms with van der Waals surface area (Å²) in [6.07, 6.45) is 3.53. The number of hydrogen-bond donors (Lipinski definition) is 0.